The van der Waals surface area contributed by atoms with E-state index in [0.717, 1.165) is 17.1 Å². The first-order chi connectivity index (χ1) is 12.0. The van der Waals surface area contributed by atoms with E-state index in [-0.39, 0.29) is 17.5 Å². The van der Waals surface area contributed by atoms with Gasteiger partial charge in [-0.3, -0.25) is 0 Å². The maximum atomic E-state index is 11.5. The van der Waals surface area contributed by atoms with Crippen LogP contribution in [0.3, 0.4) is 0 Å². The highest BCUT2D eigenvalue weighted by atomic mass is 32.2. The molecule has 2 aromatic rings. The molecule has 0 saturated carbocycles. The van der Waals surface area contributed by atoms with Gasteiger partial charge in [0.05, 0.1) is 22.9 Å². The highest BCUT2D eigenvalue weighted by Crippen LogP contribution is 2.20. The van der Waals surface area contributed by atoms with E-state index in [1.54, 1.807) is 0 Å². The van der Waals surface area contributed by atoms with Gasteiger partial charge in [0.2, 0.25) is 0 Å². The smallest absolute Gasteiger partial charge is 0.171 e. The quantitative estimate of drug-likeness (QED) is 0.631. The first kappa shape index (κ1) is 17.5. The Morgan fingerprint density at radius 3 is 2.24 bits per heavy atom. The summed E-state index contributed by atoms with van der Waals surface area (Å²) in [4.78, 5) is 0. The third kappa shape index (κ3) is 5.33. The van der Waals surface area contributed by atoms with E-state index in [1.807, 2.05) is 54.6 Å². The molecule has 1 saturated heterocycles. The lowest BCUT2D eigenvalue weighted by atomic mass is 10.2. The minimum Gasteiger partial charge on any atom is -0.359 e. The summed E-state index contributed by atoms with van der Waals surface area (Å²) in [5.74, 6) is 0.349. The van der Waals surface area contributed by atoms with Crippen LogP contribution >= 0.6 is 12.2 Å². The van der Waals surface area contributed by atoms with E-state index in [1.165, 1.54) is 0 Å². The van der Waals surface area contributed by atoms with Gasteiger partial charge < -0.3 is 10.6 Å². The van der Waals surface area contributed by atoms with Crippen molar-refractivity contribution in [2.24, 2.45) is 10.2 Å². The number of nitrogens with zero attached hydrogens (tertiary/aromatic N) is 2. The van der Waals surface area contributed by atoms with Crippen LogP contribution in [0.2, 0.25) is 0 Å². The van der Waals surface area contributed by atoms with Crippen molar-refractivity contribution in [2.45, 2.75) is 12.5 Å². The molecule has 1 heterocycles. The molecular weight excluding hydrogens is 356 g/mol. The van der Waals surface area contributed by atoms with Crippen molar-refractivity contribution >= 4 is 44.2 Å². The van der Waals surface area contributed by atoms with Crippen molar-refractivity contribution in [3.05, 3.63) is 54.6 Å². The molecule has 1 unspecified atom stereocenters. The summed E-state index contributed by atoms with van der Waals surface area (Å²) >= 11 is 5.24. The average molecular weight is 374 g/mol. The zero-order chi connectivity index (χ0) is 17.7. The van der Waals surface area contributed by atoms with Crippen molar-refractivity contribution in [3.8, 4) is 0 Å². The number of rotatable bonds is 4. The summed E-state index contributed by atoms with van der Waals surface area (Å²) in [5.41, 5.74) is 2.33. The summed E-state index contributed by atoms with van der Waals surface area (Å²) in [6, 6.07) is 16.7. The van der Waals surface area contributed by atoms with Crippen molar-refractivity contribution in [3.63, 3.8) is 0 Å². The number of sulfone groups is 1. The Morgan fingerprint density at radius 1 is 1.00 bits per heavy atom. The van der Waals surface area contributed by atoms with Crippen LogP contribution in [0.1, 0.15) is 6.42 Å². The lowest BCUT2D eigenvalue weighted by Gasteiger charge is -2.14. The molecule has 130 valence electrons. The van der Waals surface area contributed by atoms with Gasteiger partial charge in [0, 0.05) is 11.7 Å². The van der Waals surface area contributed by atoms with E-state index in [9.17, 15) is 8.42 Å². The van der Waals surface area contributed by atoms with Crippen molar-refractivity contribution in [1.82, 2.24) is 5.32 Å². The van der Waals surface area contributed by atoms with Crippen molar-refractivity contribution in [2.75, 3.05) is 16.8 Å². The van der Waals surface area contributed by atoms with Crippen LogP contribution in [-0.4, -0.2) is 31.1 Å². The third-order valence-corrected chi connectivity index (χ3v) is 5.72. The molecule has 3 rings (SSSR count). The Balaban J connectivity index is 1.54. The minimum absolute atomic E-state index is 0.121. The lowest BCUT2D eigenvalue weighted by molar-refractivity contribution is 0.600. The van der Waals surface area contributed by atoms with Crippen LogP contribution < -0.4 is 10.6 Å². The molecule has 1 aliphatic heterocycles. The van der Waals surface area contributed by atoms with Gasteiger partial charge in [-0.1, -0.05) is 18.2 Å². The molecule has 25 heavy (non-hydrogen) atoms. The Morgan fingerprint density at radius 2 is 1.64 bits per heavy atom. The first-order valence-electron chi connectivity index (χ1n) is 7.85. The Hall–Kier alpha value is -2.32. The molecule has 8 heteroatoms. The molecule has 6 nitrogen and oxygen atoms in total. The van der Waals surface area contributed by atoms with E-state index in [2.05, 4.69) is 20.9 Å². The second-order valence-electron chi connectivity index (χ2n) is 5.78. The number of hydrogen-bond donors (Lipinski definition) is 2. The topological polar surface area (TPSA) is 82.9 Å². The number of azo groups is 1. The van der Waals surface area contributed by atoms with Gasteiger partial charge in [-0.15, -0.1) is 0 Å². The van der Waals surface area contributed by atoms with Gasteiger partial charge in [-0.05, 0) is 55.0 Å². The fourth-order valence-electron chi connectivity index (χ4n) is 2.48. The largest absolute Gasteiger partial charge is 0.359 e. The van der Waals surface area contributed by atoms with Crippen LogP contribution in [0, 0.1) is 0 Å². The van der Waals surface area contributed by atoms with Crippen molar-refractivity contribution in [1.29, 1.82) is 0 Å². The van der Waals surface area contributed by atoms with Crippen LogP contribution in [0.5, 0.6) is 0 Å². The molecule has 2 N–H and O–H groups in total. The lowest BCUT2D eigenvalue weighted by Crippen LogP contribution is -2.38. The zero-order valence-corrected chi connectivity index (χ0v) is 15.1. The molecule has 0 spiro atoms. The first-order valence-corrected chi connectivity index (χ1v) is 10.1. The average Bonchev–Trinajstić information content (AvgIpc) is 2.93. The summed E-state index contributed by atoms with van der Waals surface area (Å²) in [6.45, 7) is 0. The Labute approximate surface area is 152 Å². The fraction of sp³-hybridized carbons (Fsp3) is 0.235. The number of benzene rings is 2. The van der Waals surface area contributed by atoms with Crippen LogP contribution in [0.15, 0.2) is 64.8 Å². The second kappa shape index (κ2) is 7.71. The summed E-state index contributed by atoms with van der Waals surface area (Å²) < 4.78 is 22.9. The molecular formula is C17H18N4O2S2. The summed E-state index contributed by atoms with van der Waals surface area (Å²) in [7, 11) is -2.92. The molecule has 1 atom stereocenters. The van der Waals surface area contributed by atoms with Crippen LogP contribution in [0.4, 0.5) is 17.1 Å². The number of thiocarbonyl (C=S) groups is 1. The standard InChI is InChI=1S/C17H18N4O2S2/c22-25(23)11-10-16(12-25)19-17(24)18-13-6-8-15(9-7-13)21-20-14-4-2-1-3-5-14/h1-9,16H,10-12H2,(H2,18,19,24). The van der Waals surface area contributed by atoms with E-state index in [4.69, 9.17) is 12.2 Å². The molecule has 0 bridgehead atoms. The number of nitrogens with one attached hydrogen (secondary N) is 2. The maximum absolute atomic E-state index is 11.5. The normalized spacial score (nSPS) is 19.0. The monoisotopic (exact) mass is 374 g/mol. The van der Waals surface area contributed by atoms with Gasteiger partial charge in [-0.2, -0.15) is 10.2 Å². The molecule has 0 aromatic heterocycles. The molecule has 1 fully saturated rings. The molecule has 1 aliphatic rings. The third-order valence-electron chi connectivity index (χ3n) is 3.73. The van der Waals surface area contributed by atoms with E-state index < -0.39 is 9.84 Å². The van der Waals surface area contributed by atoms with Gasteiger partial charge in [-0.25, -0.2) is 8.42 Å². The molecule has 2 aromatic carbocycles. The maximum Gasteiger partial charge on any atom is 0.171 e. The van der Waals surface area contributed by atoms with Crippen LogP contribution in [0.25, 0.3) is 0 Å². The predicted molar refractivity (Wildman–Crippen MR) is 103 cm³/mol. The molecule has 0 radical (unpaired) electrons. The Kier molecular flexibility index (Phi) is 5.40. The minimum atomic E-state index is -2.92. The predicted octanol–water partition coefficient (Wildman–Crippen LogP) is 3.58. The highest BCUT2D eigenvalue weighted by molar-refractivity contribution is 7.91. The van der Waals surface area contributed by atoms with Gasteiger partial charge >= 0.3 is 0 Å². The molecule has 0 amide bonds. The van der Waals surface area contributed by atoms with Gasteiger partial charge in [0.15, 0.2) is 14.9 Å². The summed E-state index contributed by atoms with van der Waals surface area (Å²) in [5, 5.41) is 14.8. The second-order valence-corrected chi connectivity index (χ2v) is 8.42. The van der Waals surface area contributed by atoms with Gasteiger partial charge in [0.25, 0.3) is 0 Å². The molecule has 0 aliphatic carbocycles. The highest BCUT2D eigenvalue weighted by Gasteiger charge is 2.28. The van der Waals surface area contributed by atoms with Crippen molar-refractivity contribution < 1.29 is 8.42 Å². The number of hydrogen-bond acceptors (Lipinski definition) is 5. The van der Waals surface area contributed by atoms with Gasteiger partial charge in [0.1, 0.15) is 0 Å². The number of anilines is 1. The zero-order valence-electron chi connectivity index (χ0n) is 13.4. The van der Waals surface area contributed by atoms with E-state index in [0.29, 0.717) is 11.5 Å². The van der Waals surface area contributed by atoms with E-state index >= 15 is 0 Å². The summed E-state index contributed by atoms with van der Waals surface area (Å²) in [6.07, 6.45) is 0.586. The Bertz CT molecular complexity index is 865. The van der Waals surface area contributed by atoms with Crippen LogP contribution in [-0.2, 0) is 9.84 Å². The fourth-order valence-corrected chi connectivity index (χ4v) is 4.44. The SMILES string of the molecule is O=S1(=O)CCC(NC(=S)Nc2ccc(N=Nc3ccccc3)cc2)C1.